The highest BCUT2D eigenvalue weighted by molar-refractivity contribution is 7.87. The van der Waals surface area contributed by atoms with E-state index in [1.54, 1.807) is 0 Å². The van der Waals surface area contributed by atoms with Crippen LogP contribution < -0.4 is 0 Å². The quantitative estimate of drug-likeness (QED) is 0.429. The second kappa shape index (κ2) is 1.66. The zero-order valence-electron chi connectivity index (χ0n) is 4.20. The molecular formula is C3H3FO4S. The van der Waals surface area contributed by atoms with Gasteiger partial charge in [0.05, 0.1) is 0 Å². The zero-order valence-corrected chi connectivity index (χ0v) is 5.02. The minimum absolute atomic E-state index is 0.841. The Morgan fingerprint density at radius 2 is 2.22 bits per heavy atom. The molecule has 1 unspecified atom stereocenters. The normalized spacial score (nSPS) is 32.1. The molecule has 0 radical (unpaired) electrons. The van der Waals surface area contributed by atoms with Crippen LogP contribution in [0.3, 0.4) is 0 Å². The Kier molecular flexibility index (Phi) is 1.20. The summed E-state index contributed by atoms with van der Waals surface area (Å²) in [6, 6.07) is 0. The molecule has 0 aromatic rings. The largest absolute Gasteiger partial charge is 0.357 e. The van der Waals surface area contributed by atoms with Crippen molar-refractivity contribution < 1.29 is 21.8 Å². The highest BCUT2D eigenvalue weighted by Gasteiger charge is 2.38. The van der Waals surface area contributed by atoms with E-state index >= 15 is 0 Å². The molecule has 0 saturated carbocycles. The van der Waals surface area contributed by atoms with Gasteiger partial charge in [-0.15, -0.1) is 0 Å². The van der Waals surface area contributed by atoms with Crippen molar-refractivity contribution in [2.75, 3.05) is 5.75 Å². The molecule has 1 aliphatic heterocycles. The summed E-state index contributed by atoms with van der Waals surface area (Å²) in [4.78, 5) is 10.0. The second-order valence-electron chi connectivity index (χ2n) is 1.59. The Morgan fingerprint density at radius 1 is 1.67 bits per heavy atom. The summed E-state index contributed by atoms with van der Waals surface area (Å²) in [5.74, 6) is -2.15. The predicted molar refractivity (Wildman–Crippen MR) is 24.8 cm³/mol. The molecule has 1 atom stereocenters. The molecule has 1 rings (SSSR count). The molecule has 0 amide bonds. The van der Waals surface area contributed by atoms with Gasteiger partial charge in [0, 0.05) is 0 Å². The van der Waals surface area contributed by atoms with E-state index < -0.39 is 28.0 Å². The molecule has 1 heterocycles. The fourth-order valence-corrected chi connectivity index (χ4v) is 1.38. The maximum atomic E-state index is 12.0. The number of alkyl halides is 1. The molecule has 0 spiro atoms. The lowest BCUT2D eigenvalue weighted by Gasteiger charge is -1.84. The lowest BCUT2D eigenvalue weighted by atomic mass is 10.5. The third kappa shape index (κ3) is 1.18. The first kappa shape index (κ1) is 6.47. The molecule has 9 heavy (non-hydrogen) atoms. The number of rotatable bonds is 0. The number of hydrogen-bond donors (Lipinski definition) is 0. The summed E-state index contributed by atoms with van der Waals surface area (Å²) in [7, 11) is -3.87. The number of halogens is 1. The van der Waals surface area contributed by atoms with Crippen LogP contribution in [-0.2, 0) is 19.1 Å². The van der Waals surface area contributed by atoms with Crippen LogP contribution in [0.2, 0.25) is 0 Å². The van der Waals surface area contributed by atoms with Crippen LogP contribution in [0.25, 0.3) is 0 Å². The molecular weight excluding hydrogens is 151 g/mol. The van der Waals surface area contributed by atoms with Gasteiger partial charge in [-0.1, -0.05) is 0 Å². The first-order valence-electron chi connectivity index (χ1n) is 2.11. The van der Waals surface area contributed by atoms with Gasteiger partial charge < -0.3 is 4.18 Å². The molecule has 1 aliphatic rings. The fraction of sp³-hybridized carbons (Fsp3) is 0.667. The van der Waals surface area contributed by atoms with Crippen molar-refractivity contribution in [1.82, 2.24) is 0 Å². The molecule has 0 bridgehead atoms. The van der Waals surface area contributed by atoms with E-state index in [1.165, 1.54) is 0 Å². The summed E-state index contributed by atoms with van der Waals surface area (Å²) in [6.45, 7) is 0. The van der Waals surface area contributed by atoms with Crippen molar-refractivity contribution in [3.63, 3.8) is 0 Å². The Hall–Kier alpha value is -0.650. The Morgan fingerprint density at radius 3 is 2.33 bits per heavy atom. The third-order valence-corrected chi connectivity index (χ3v) is 1.93. The summed E-state index contributed by atoms with van der Waals surface area (Å²) in [5.41, 5.74) is 0. The monoisotopic (exact) mass is 154 g/mol. The third-order valence-electron chi connectivity index (χ3n) is 0.815. The van der Waals surface area contributed by atoms with Gasteiger partial charge in [0.1, 0.15) is 5.75 Å². The van der Waals surface area contributed by atoms with E-state index in [4.69, 9.17) is 0 Å². The van der Waals surface area contributed by atoms with Crippen LogP contribution in [0.1, 0.15) is 0 Å². The standard InChI is InChI=1S/C3H3FO4S/c4-2-1-9(6,7)8-3(2)5/h2H,1H2. The van der Waals surface area contributed by atoms with Crippen molar-refractivity contribution in [2.45, 2.75) is 6.17 Å². The van der Waals surface area contributed by atoms with Crippen molar-refractivity contribution in [3.05, 3.63) is 0 Å². The number of carbonyl (C=O) groups is 1. The Bertz CT molecular complexity index is 230. The summed E-state index contributed by atoms with van der Waals surface area (Å²) >= 11 is 0. The molecule has 4 nitrogen and oxygen atoms in total. The Balaban J connectivity index is 2.90. The van der Waals surface area contributed by atoms with Crippen LogP contribution in [-0.4, -0.2) is 26.3 Å². The molecule has 1 saturated heterocycles. The van der Waals surface area contributed by atoms with E-state index in [2.05, 4.69) is 4.18 Å². The van der Waals surface area contributed by atoms with Crippen LogP contribution >= 0.6 is 0 Å². The fourth-order valence-electron chi connectivity index (χ4n) is 0.459. The SMILES string of the molecule is O=C1OS(=O)(=O)CC1F. The lowest BCUT2D eigenvalue weighted by Crippen LogP contribution is -2.09. The van der Waals surface area contributed by atoms with Crippen molar-refractivity contribution in [3.8, 4) is 0 Å². The number of carbonyl (C=O) groups excluding carboxylic acids is 1. The average Bonchev–Trinajstić information content (AvgIpc) is 1.79. The van der Waals surface area contributed by atoms with Crippen LogP contribution in [0.4, 0.5) is 4.39 Å². The second-order valence-corrected chi connectivity index (χ2v) is 3.21. The van der Waals surface area contributed by atoms with Crippen molar-refractivity contribution in [1.29, 1.82) is 0 Å². The summed E-state index contributed by atoms with van der Waals surface area (Å²) in [6.07, 6.45) is -1.99. The first-order chi connectivity index (χ1) is 4.01. The molecule has 0 N–H and O–H groups in total. The molecule has 0 aromatic heterocycles. The van der Waals surface area contributed by atoms with Crippen molar-refractivity contribution in [2.24, 2.45) is 0 Å². The summed E-state index contributed by atoms with van der Waals surface area (Å²) in [5, 5.41) is 0. The van der Waals surface area contributed by atoms with Gasteiger partial charge >= 0.3 is 16.1 Å². The zero-order chi connectivity index (χ0) is 7.07. The molecule has 0 aliphatic carbocycles. The van der Waals surface area contributed by atoms with E-state index in [1.807, 2.05) is 0 Å². The van der Waals surface area contributed by atoms with Crippen LogP contribution in [0, 0.1) is 0 Å². The smallest absolute Gasteiger partial charge is 0.343 e. The van der Waals surface area contributed by atoms with Gasteiger partial charge in [-0.2, -0.15) is 8.42 Å². The average molecular weight is 154 g/mol. The highest BCUT2D eigenvalue weighted by atomic mass is 32.2. The first-order valence-corrected chi connectivity index (χ1v) is 3.69. The van der Waals surface area contributed by atoms with E-state index in [-0.39, 0.29) is 0 Å². The van der Waals surface area contributed by atoms with Gasteiger partial charge in [0.2, 0.25) is 6.17 Å². The van der Waals surface area contributed by atoms with E-state index in [9.17, 15) is 17.6 Å². The molecule has 0 aromatic carbocycles. The van der Waals surface area contributed by atoms with Gasteiger partial charge in [0.25, 0.3) is 0 Å². The van der Waals surface area contributed by atoms with Gasteiger partial charge in [-0.3, -0.25) is 0 Å². The highest BCUT2D eigenvalue weighted by Crippen LogP contribution is 2.12. The van der Waals surface area contributed by atoms with E-state index in [0.717, 1.165) is 0 Å². The van der Waals surface area contributed by atoms with Crippen LogP contribution in [0.5, 0.6) is 0 Å². The molecule has 1 fully saturated rings. The van der Waals surface area contributed by atoms with Gasteiger partial charge in [0.15, 0.2) is 0 Å². The minimum atomic E-state index is -3.87. The van der Waals surface area contributed by atoms with Gasteiger partial charge in [-0.25, -0.2) is 9.18 Å². The van der Waals surface area contributed by atoms with Crippen molar-refractivity contribution >= 4 is 16.1 Å². The maximum Gasteiger partial charge on any atom is 0.357 e. The predicted octanol–water partition coefficient (Wildman–Crippen LogP) is -0.789. The van der Waals surface area contributed by atoms with E-state index in [0.29, 0.717) is 0 Å². The Labute approximate surface area is 50.7 Å². The van der Waals surface area contributed by atoms with Crippen LogP contribution in [0.15, 0.2) is 0 Å². The number of hydrogen-bond acceptors (Lipinski definition) is 4. The summed E-state index contributed by atoms with van der Waals surface area (Å²) < 4.78 is 35.9. The van der Waals surface area contributed by atoms with Gasteiger partial charge in [-0.05, 0) is 0 Å². The molecule has 52 valence electrons. The minimum Gasteiger partial charge on any atom is -0.343 e. The topological polar surface area (TPSA) is 60.4 Å². The molecule has 6 heteroatoms. The lowest BCUT2D eigenvalue weighted by molar-refractivity contribution is -0.136. The maximum absolute atomic E-state index is 12.0.